The lowest BCUT2D eigenvalue weighted by atomic mass is 10.2. The van der Waals surface area contributed by atoms with Crippen LogP contribution >= 0.6 is 0 Å². The molecule has 3 aromatic heterocycles. The third kappa shape index (κ3) is 3.36. The molecule has 0 aliphatic rings. The summed E-state index contributed by atoms with van der Waals surface area (Å²) in [5.74, 6) is 1.71. The molecule has 0 saturated carbocycles. The van der Waals surface area contributed by atoms with Gasteiger partial charge in [-0.05, 0) is 30.3 Å². The van der Waals surface area contributed by atoms with Crippen LogP contribution < -0.4 is 4.74 Å². The highest BCUT2D eigenvalue weighted by molar-refractivity contribution is 5.92. The number of aryl methyl sites for hydroxylation is 1. The number of likely N-dealkylation sites (N-methyl/N-ethyl adjacent to an activating group) is 1. The minimum Gasteiger partial charge on any atom is -0.497 e. The number of aromatic amines is 1. The van der Waals surface area contributed by atoms with Crippen molar-refractivity contribution in [1.82, 2.24) is 24.6 Å². The van der Waals surface area contributed by atoms with E-state index in [0.29, 0.717) is 30.4 Å². The fraction of sp³-hybridized carbons (Fsp3) is 0.250. The molecule has 3 heterocycles. The molecule has 0 radical (unpaired) electrons. The number of nitrogens with one attached hydrogen (secondary N) is 1. The highest BCUT2D eigenvalue weighted by Crippen LogP contribution is 2.26. The standard InChI is InChI=1S/C20H21N5O3/c1-24-9-4-5-17(24)20(26)25(2)10-8-18-22-19(28-23-18)16-11-13-6-7-14(27-3)12-15(13)21-16/h4-7,9,11-12,21H,8,10H2,1-3H3. The van der Waals surface area contributed by atoms with Gasteiger partial charge in [-0.2, -0.15) is 4.98 Å². The van der Waals surface area contributed by atoms with Gasteiger partial charge in [0, 0.05) is 50.2 Å². The van der Waals surface area contributed by atoms with Crippen molar-refractivity contribution in [3.05, 3.63) is 54.1 Å². The Hall–Kier alpha value is -3.55. The number of ether oxygens (including phenoxy) is 1. The summed E-state index contributed by atoms with van der Waals surface area (Å²) < 4.78 is 12.4. The average molecular weight is 379 g/mol. The van der Waals surface area contributed by atoms with Gasteiger partial charge in [-0.3, -0.25) is 4.79 Å². The number of fused-ring (bicyclic) bond motifs is 1. The number of aromatic nitrogens is 4. The molecule has 0 unspecified atom stereocenters. The normalized spacial score (nSPS) is 11.1. The SMILES string of the molecule is COc1ccc2cc(-c3nc(CCN(C)C(=O)c4cccn4C)no3)[nH]c2c1. The summed E-state index contributed by atoms with van der Waals surface area (Å²) in [6, 6.07) is 11.4. The second-order valence-electron chi connectivity index (χ2n) is 6.63. The van der Waals surface area contributed by atoms with Crippen LogP contribution in [0.15, 0.2) is 47.1 Å². The smallest absolute Gasteiger partial charge is 0.274 e. The van der Waals surface area contributed by atoms with Crippen LogP contribution in [0.2, 0.25) is 0 Å². The van der Waals surface area contributed by atoms with Gasteiger partial charge in [0.25, 0.3) is 11.8 Å². The summed E-state index contributed by atoms with van der Waals surface area (Å²) in [5.41, 5.74) is 2.32. The first-order chi connectivity index (χ1) is 13.5. The second-order valence-corrected chi connectivity index (χ2v) is 6.63. The molecule has 1 N–H and O–H groups in total. The second kappa shape index (κ2) is 7.22. The molecule has 0 spiro atoms. The van der Waals surface area contributed by atoms with Gasteiger partial charge < -0.3 is 23.7 Å². The molecule has 1 amide bonds. The van der Waals surface area contributed by atoms with Crippen molar-refractivity contribution in [3.63, 3.8) is 0 Å². The summed E-state index contributed by atoms with van der Waals surface area (Å²) in [6.07, 6.45) is 2.35. The van der Waals surface area contributed by atoms with E-state index in [-0.39, 0.29) is 5.91 Å². The number of benzene rings is 1. The van der Waals surface area contributed by atoms with E-state index < -0.39 is 0 Å². The van der Waals surface area contributed by atoms with Crippen molar-refractivity contribution in [3.8, 4) is 17.3 Å². The minimum absolute atomic E-state index is 0.0409. The Labute approximate surface area is 161 Å². The van der Waals surface area contributed by atoms with Gasteiger partial charge in [0.2, 0.25) is 0 Å². The number of rotatable bonds is 6. The molecule has 8 heteroatoms. The minimum atomic E-state index is -0.0409. The molecule has 4 aromatic rings. The van der Waals surface area contributed by atoms with E-state index in [9.17, 15) is 4.79 Å². The average Bonchev–Trinajstić information content (AvgIpc) is 3.43. The maximum atomic E-state index is 12.5. The number of methoxy groups -OCH3 is 1. The molecule has 0 fully saturated rings. The van der Waals surface area contributed by atoms with Crippen LogP contribution in [0.25, 0.3) is 22.5 Å². The lowest BCUT2D eigenvalue weighted by Crippen LogP contribution is -2.30. The maximum absolute atomic E-state index is 12.5. The topological polar surface area (TPSA) is 89.2 Å². The van der Waals surface area contributed by atoms with Gasteiger partial charge in [0.1, 0.15) is 17.1 Å². The fourth-order valence-electron chi connectivity index (χ4n) is 3.06. The van der Waals surface area contributed by atoms with Crippen molar-refractivity contribution in [2.24, 2.45) is 7.05 Å². The van der Waals surface area contributed by atoms with E-state index in [0.717, 1.165) is 22.3 Å². The van der Waals surface area contributed by atoms with Crippen LogP contribution in [0.1, 0.15) is 16.3 Å². The number of hydrogen-bond acceptors (Lipinski definition) is 5. The number of H-pyrrole nitrogens is 1. The van der Waals surface area contributed by atoms with Gasteiger partial charge >= 0.3 is 0 Å². The molecule has 0 aliphatic heterocycles. The fourth-order valence-corrected chi connectivity index (χ4v) is 3.06. The van der Waals surface area contributed by atoms with E-state index in [4.69, 9.17) is 9.26 Å². The third-order valence-corrected chi connectivity index (χ3v) is 4.71. The Kier molecular flexibility index (Phi) is 4.60. The molecule has 0 aliphatic carbocycles. The monoisotopic (exact) mass is 379 g/mol. The Morgan fingerprint density at radius 1 is 1.32 bits per heavy atom. The number of amides is 1. The molecule has 144 valence electrons. The number of carbonyl (C=O) groups excluding carboxylic acids is 1. The first-order valence-corrected chi connectivity index (χ1v) is 8.91. The van der Waals surface area contributed by atoms with Crippen molar-refractivity contribution in [2.45, 2.75) is 6.42 Å². The van der Waals surface area contributed by atoms with Gasteiger partial charge in [0.15, 0.2) is 5.82 Å². The van der Waals surface area contributed by atoms with Gasteiger partial charge in [0.05, 0.1) is 7.11 Å². The largest absolute Gasteiger partial charge is 0.497 e. The lowest BCUT2D eigenvalue weighted by Gasteiger charge is -2.16. The summed E-state index contributed by atoms with van der Waals surface area (Å²) in [4.78, 5) is 21.8. The van der Waals surface area contributed by atoms with Crippen LogP contribution in [0.5, 0.6) is 5.75 Å². The number of carbonyl (C=O) groups is 1. The van der Waals surface area contributed by atoms with Crippen LogP contribution in [0.4, 0.5) is 0 Å². The van der Waals surface area contributed by atoms with Gasteiger partial charge in [-0.25, -0.2) is 0 Å². The highest BCUT2D eigenvalue weighted by Gasteiger charge is 2.16. The Balaban J connectivity index is 1.44. The Bertz CT molecular complexity index is 1120. The summed E-state index contributed by atoms with van der Waals surface area (Å²) in [5, 5.41) is 5.07. The molecule has 0 atom stereocenters. The molecular weight excluding hydrogens is 358 g/mol. The Morgan fingerprint density at radius 3 is 2.93 bits per heavy atom. The number of hydrogen-bond donors (Lipinski definition) is 1. The molecule has 0 bridgehead atoms. The third-order valence-electron chi connectivity index (χ3n) is 4.71. The highest BCUT2D eigenvalue weighted by atomic mass is 16.5. The van der Waals surface area contributed by atoms with Crippen molar-refractivity contribution in [1.29, 1.82) is 0 Å². The van der Waals surface area contributed by atoms with E-state index in [1.807, 2.05) is 43.6 Å². The Morgan fingerprint density at radius 2 is 2.18 bits per heavy atom. The molecule has 8 nitrogen and oxygen atoms in total. The van der Waals surface area contributed by atoms with Crippen molar-refractivity contribution < 1.29 is 14.1 Å². The zero-order valence-electron chi connectivity index (χ0n) is 16.0. The van der Waals surface area contributed by atoms with Gasteiger partial charge in [-0.1, -0.05) is 5.16 Å². The zero-order valence-corrected chi connectivity index (χ0v) is 16.0. The van der Waals surface area contributed by atoms with E-state index in [1.54, 1.807) is 29.7 Å². The maximum Gasteiger partial charge on any atom is 0.274 e. The summed E-state index contributed by atoms with van der Waals surface area (Å²) >= 11 is 0. The predicted molar refractivity (Wildman–Crippen MR) is 104 cm³/mol. The van der Waals surface area contributed by atoms with Crippen LogP contribution in [0, 0.1) is 0 Å². The molecule has 4 rings (SSSR count). The van der Waals surface area contributed by atoms with Crippen LogP contribution in [-0.2, 0) is 13.5 Å². The molecule has 0 saturated heterocycles. The van der Waals surface area contributed by atoms with Crippen molar-refractivity contribution >= 4 is 16.8 Å². The lowest BCUT2D eigenvalue weighted by molar-refractivity contribution is 0.0786. The predicted octanol–water partition coefficient (Wildman–Crippen LogP) is 2.88. The molecule has 28 heavy (non-hydrogen) atoms. The summed E-state index contributed by atoms with van der Waals surface area (Å²) in [6.45, 7) is 0.493. The molecular formula is C20H21N5O3. The zero-order chi connectivity index (χ0) is 19.7. The summed E-state index contributed by atoms with van der Waals surface area (Å²) in [7, 11) is 5.25. The molecule has 1 aromatic carbocycles. The first kappa shape index (κ1) is 17.8. The first-order valence-electron chi connectivity index (χ1n) is 8.91. The quantitative estimate of drug-likeness (QED) is 0.556. The van der Waals surface area contributed by atoms with Gasteiger partial charge in [-0.15, -0.1) is 0 Å². The van der Waals surface area contributed by atoms with Crippen LogP contribution in [0.3, 0.4) is 0 Å². The number of nitrogens with zero attached hydrogens (tertiary/aromatic N) is 4. The van der Waals surface area contributed by atoms with E-state index >= 15 is 0 Å². The van der Waals surface area contributed by atoms with E-state index in [1.165, 1.54) is 0 Å². The van der Waals surface area contributed by atoms with Crippen LogP contribution in [-0.4, -0.2) is 51.2 Å². The van der Waals surface area contributed by atoms with Crippen molar-refractivity contribution in [2.75, 3.05) is 20.7 Å². The van der Waals surface area contributed by atoms with E-state index in [2.05, 4.69) is 15.1 Å².